The molecule has 8 heteroatoms. The first-order chi connectivity index (χ1) is 23.9. The Hall–Kier alpha value is -6.59. The standard InChI is InChI=1S/C41H24F3N5/c42-41(43,44)31-19-16-27(17-20-31)30-18-21-33(37(24-30)49-35-14-8-7-13-32(35)34-23-26(25-45)15-22-36(34)49)40-47-38(28-9-3-1-4-10-28)46-39(48-40)29-11-5-2-6-12-29/h1-24H. The molecule has 0 atom stereocenters. The molecule has 8 rings (SSSR count). The van der Waals surface area contributed by atoms with E-state index in [4.69, 9.17) is 15.0 Å². The third kappa shape index (κ3) is 5.47. The average Bonchev–Trinajstić information content (AvgIpc) is 3.48. The first kappa shape index (κ1) is 29.8. The van der Waals surface area contributed by atoms with Crippen LogP contribution in [0.15, 0.2) is 146 Å². The second kappa shape index (κ2) is 11.9. The molecule has 0 aliphatic rings. The molecule has 0 aliphatic heterocycles. The van der Waals surface area contributed by atoms with E-state index < -0.39 is 11.7 Å². The van der Waals surface area contributed by atoms with Gasteiger partial charge in [0.05, 0.1) is 33.9 Å². The van der Waals surface area contributed by atoms with Gasteiger partial charge in [-0.15, -0.1) is 0 Å². The van der Waals surface area contributed by atoms with Gasteiger partial charge in [-0.2, -0.15) is 18.4 Å². The maximum atomic E-state index is 13.4. The van der Waals surface area contributed by atoms with Crippen LogP contribution in [0.4, 0.5) is 13.2 Å². The quantitative estimate of drug-likeness (QED) is 0.187. The zero-order valence-corrected chi connectivity index (χ0v) is 25.7. The summed E-state index contributed by atoms with van der Waals surface area (Å²) < 4.78 is 42.4. The highest BCUT2D eigenvalue weighted by Crippen LogP contribution is 2.39. The third-order valence-electron chi connectivity index (χ3n) is 8.53. The Morgan fingerprint density at radius 2 is 1.08 bits per heavy atom. The van der Waals surface area contributed by atoms with Crippen molar-refractivity contribution in [2.75, 3.05) is 0 Å². The summed E-state index contributed by atoms with van der Waals surface area (Å²) in [6.45, 7) is 0. The minimum absolute atomic E-state index is 0.432. The first-order valence-corrected chi connectivity index (χ1v) is 15.5. The van der Waals surface area contributed by atoms with Crippen molar-refractivity contribution in [3.63, 3.8) is 0 Å². The molecule has 6 aromatic carbocycles. The van der Waals surface area contributed by atoms with Gasteiger partial charge in [0.1, 0.15) is 0 Å². The second-order valence-electron chi connectivity index (χ2n) is 11.5. The molecule has 0 spiro atoms. The number of nitriles is 1. The maximum absolute atomic E-state index is 13.4. The van der Waals surface area contributed by atoms with Gasteiger partial charge in [0.25, 0.3) is 0 Å². The zero-order valence-electron chi connectivity index (χ0n) is 25.7. The molecule has 5 nitrogen and oxygen atoms in total. The topological polar surface area (TPSA) is 67.4 Å². The highest BCUT2D eigenvalue weighted by atomic mass is 19.4. The Bertz CT molecular complexity index is 2480. The van der Waals surface area contributed by atoms with Crippen LogP contribution in [-0.4, -0.2) is 19.5 Å². The van der Waals surface area contributed by atoms with Crippen molar-refractivity contribution in [2.24, 2.45) is 0 Å². The number of aromatic nitrogens is 4. The maximum Gasteiger partial charge on any atom is 0.416 e. The van der Waals surface area contributed by atoms with Gasteiger partial charge in [0.2, 0.25) is 0 Å². The summed E-state index contributed by atoms with van der Waals surface area (Å²) in [5.74, 6) is 1.44. The molecule has 0 saturated carbocycles. The van der Waals surface area contributed by atoms with E-state index in [1.165, 1.54) is 12.1 Å². The molecule has 8 aromatic rings. The lowest BCUT2D eigenvalue weighted by Crippen LogP contribution is -2.05. The van der Waals surface area contributed by atoms with Crippen LogP contribution in [0.25, 0.3) is 72.8 Å². The molecule has 0 unspecified atom stereocenters. The Morgan fingerprint density at radius 1 is 0.510 bits per heavy atom. The predicted octanol–water partition coefficient (Wildman–Crippen LogP) is 10.5. The number of para-hydroxylation sites is 1. The highest BCUT2D eigenvalue weighted by Gasteiger charge is 2.30. The predicted molar refractivity (Wildman–Crippen MR) is 186 cm³/mol. The van der Waals surface area contributed by atoms with Crippen molar-refractivity contribution in [2.45, 2.75) is 6.18 Å². The lowest BCUT2D eigenvalue weighted by atomic mass is 10.00. The summed E-state index contributed by atoms with van der Waals surface area (Å²) in [6.07, 6.45) is -4.44. The van der Waals surface area contributed by atoms with Crippen molar-refractivity contribution in [3.05, 3.63) is 157 Å². The van der Waals surface area contributed by atoms with E-state index in [1.54, 1.807) is 6.07 Å². The molecule has 234 valence electrons. The minimum atomic E-state index is -4.44. The molecule has 2 heterocycles. The number of rotatable bonds is 5. The lowest BCUT2D eigenvalue weighted by Gasteiger charge is -2.16. The molecule has 0 N–H and O–H groups in total. The lowest BCUT2D eigenvalue weighted by molar-refractivity contribution is -0.137. The van der Waals surface area contributed by atoms with Crippen LogP contribution in [0, 0.1) is 11.3 Å². The first-order valence-electron chi connectivity index (χ1n) is 15.5. The van der Waals surface area contributed by atoms with Gasteiger partial charge in [-0.1, -0.05) is 97.1 Å². The summed E-state index contributed by atoms with van der Waals surface area (Å²) in [6, 6.07) is 46.0. The van der Waals surface area contributed by atoms with Crippen LogP contribution in [0.2, 0.25) is 0 Å². The van der Waals surface area contributed by atoms with Crippen molar-refractivity contribution in [1.29, 1.82) is 5.26 Å². The van der Waals surface area contributed by atoms with Crippen LogP contribution in [0.1, 0.15) is 11.1 Å². The molecule has 0 aliphatic carbocycles. The number of hydrogen-bond acceptors (Lipinski definition) is 4. The van der Waals surface area contributed by atoms with E-state index in [0.29, 0.717) is 39.7 Å². The van der Waals surface area contributed by atoms with E-state index in [0.717, 1.165) is 50.8 Å². The molecule has 2 aromatic heterocycles. The fourth-order valence-electron chi connectivity index (χ4n) is 6.17. The van der Waals surface area contributed by atoms with E-state index in [9.17, 15) is 18.4 Å². The van der Waals surface area contributed by atoms with Gasteiger partial charge in [-0.3, -0.25) is 0 Å². The summed E-state index contributed by atoms with van der Waals surface area (Å²) in [5, 5.41) is 11.6. The van der Waals surface area contributed by atoms with E-state index in [-0.39, 0.29) is 0 Å². The van der Waals surface area contributed by atoms with Gasteiger partial charge >= 0.3 is 6.18 Å². The van der Waals surface area contributed by atoms with E-state index in [2.05, 4.69) is 10.6 Å². The van der Waals surface area contributed by atoms with Gasteiger partial charge in [-0.25, -0.2) is 15.0 Å². The monoisotopic (exact) mass is 643 g/mol. The van der Waals surface area contributed by atoms with Crippen LogP contribution >= 0.6 is 0 Å². The summed E-state index contributed by atoms with van der Waals surface area (Å²) in [5.41, 5.74) is 5.97. The van der Waals surface area contributed by atoms with Crippen LogP contribution in [-0.2, 0) is 6.18 Å². The minimum Gasteiger partial charge on any atom is -0.308 e. The molecule has 0 saturated heterocycles. The normalized spacial score (nSPS) is 11.6. The van der Waals surface area contributed by atoms with Gasteiger partial charge in [0.15, 0.2) is 17.5 Å². The molecular weight excluding hydrogens is 619 g/mol. The van der Waals surface area contributed by atoms with Crippen molar-refractivity contribution < 1.29 is 13.2 Å². The number of nitrogens with zero attached hydrogens (tertiary/aromatic N) is 5. The second-order valence-corrected chi connectivity index (χ2v) is 11.5. The third-order valence-corrected chi connectivity index (χ3v) is 8.53. The van der Waals surface area contributed by atoms with E-state index >= 15 is 0 Å². The largest absolute Gasteiger partial charge is 0.416 e. The summed E-state index contributed by atoms with van der Waals surface area (Å²) in [7, 11) is 0. The molecule has 0 amide bonds. The number of fused-ring (bicyclic) bond motifs is 3. The summed E-state index contributed by atoms with van der Waals surface area (Å²) in [4.78, 5) is 14.8. The highest BCUT2D eigenvalue weighted by molar-refractivity contribution is 6.10. The Balaban J connectivity index is 1.43. The zero-order chi connectivity index (χ0) is 33.5. The van der Waals surface area contributed by atoms with Crippen molar-refractivity contribution in [1.82, 2.24) is 19.5 Å². The van der Waals surface area contributed by atoms with Crippen molar-refractivity contribution >= 4 is 21.8 Å². The van der Waals surface area contributed by atoms with Gasteiger partial charge < -0.3 is 4.57 Å². The Kier molecular flexibility index (Phi) is 7.23. The number of alkyl halides is 3. The van der Waals surface area contributed by atoms with Gasteiger partial charge in [0, 0.05) is 27.5 Å². The van der Waals surface area contributed by atoms with Crippen LogP contribution < -0.4 is 0 Å². The Labute approximate surface area is 279 Å². The van der Waals surface area contributed by atoms with E-state index in [1.807, 2.05) is 115 Å². The molecular formula is C41H24F3N5. The van der Waals surface area contributed by atoms with Gasteiger partial charge in [-0.05, 0) is 59.7 Å². The number of hydrogen-bond donors (Lipinski definition) is 0. The molecule has 49 heavy (non-hydrogen) atoms. The molecule has 0 bridgehead atoms. The smallest absolute Gasteiger partial charge is 0.308 e. The van der Waals surface area contributed by atoms with Crippen LogP contribution in [0.3, 0.4) is 0 Å². The fraction of sp³-hybridized carbons (Fsp3) is 0.0244. The van der Waals surface area contributed by atoms with Crippen LogP contribution in [0.5, 0.6) is 0 Å². The fourth-order valence-corrected chi connectivity index (χ4v) is 6.17. The van der Waals surface area contributed by atoms with Crippen molar-refractivity contribution in [3.8, 4) is 57.0 Å². The summed E-state index contributed by atoms with van der Waals surface area (Å²) >= 11 is 0. The Morgan fingerprint density at radius 3 is 1.71 bits per heavy atom. The molecule has 0 radical (unpaired) electrons. The SMILES string of the molecule is N#Cc1ccc2c(c1)c1ccccc1n2-c1cc(-c2ccc(C(F)(F)F)cc2)ccc1-c1nc(-c2ccccc2)nc(-c2ccccc2)n1. The average molecular weight is 644 g/mol. The number of halogens is 3. The molecule has 0 fully saturated rings. The number of benzene rings is 6.